The van der Waals surface area contributed by atoms with Crippen LogP contribution in [0.25, 0.3) is 11.0 Å². The second-order valence-electron chi connectivity index (χ2n) is 6.96. The first-order valence-corrected chi connectivity index (χ1v) is 9.36. The van der Waals surface area contributed by atoms with E-state index < -0.39 is 6.10 Å². The molecule has 0 aliphatic carbocycles. The van der Waals surface area contributed by atoms with Gasteiger partial charge in [-0.3, -0.25) is 4.79 Å². The smallest absolute Gasteiger partial charge is 0.262 e. The van der Waals surface area contributed by atoms with E-state index in [-0.39, 0.29) is 11.9 Å². The lowest BCUT2D eigenvalue weighted by molar-refractivity contribution is -0.127. The summed E-state index contributed by atoms with van der Waals surface area (Å²) >= 11 is 0. The number of amides is 1. The van der Waals surface area contributed by atoms with Crippen molar-refractivity contribution in [3.05, 3.63) is 102 Å². The molecular formula is C24H19NO3. The molecular weight excluding hydrogens is 350 g/mol. The number of hydrogen-bond donors (Lipinski definition) is 1. The Balaban J connectivity index is 1.45. The minimum atomic E-state index is -0.534. The first kappa shape index (κ1) is 16.6. The maximum atomic E-state index is 13.0. The molecule has 0 fully saturated rings. The van der Waals surface area contributed by atoms with E-state index in [9.17, 15) is 4.79 Å². The molecule has 5 rings (SSSR count). The van der Waals surface area contributed by atoms with Gasteiger partial charge in [-0.2, -0.15) is 0 Å². The Kier molecular flexibility index (Phi) is 4.09. The fraction of sp³-hybridized carbons (Fsp3) is 0.125. The highest BCUT2D eigenvalue weighted by atomic mass is 16.5. The second kappa shape index (κ2) is 6.89. The molecule has 138 valence electrons. The van der Waals surface area contributed by atoms with E-state index >= 15 is 0 Å². The van der Waals surface area contributed by atoms with Crippen LogP contribution in [0.3, 0.4) is 0 Å². The number of nitrogens with one attached hydrogen (secondary N) is 1. The summed E-state index contributed by atoms with van der Waals surface area (Å²) in [6.07, 6.45) is 0.0388. The Bertz CT molecular complexity index is 1070. The van der Waals surface area contributed by atoms with Crippen LogP contribution in [0.5, 0.6) is 5.75 Å². The number of para-hydroxylation sites is 2. The van der Waals surface area contributed by atoms with E-state index in [2.05, 4.69) is 5.32 Å². The topological polar surface area (TPSA) is 51.5 Å². The molecule has 1 N–H and O–H groups in total. The molecule has 0 unspecified atom stereocenters. The van der Waals surface area contributed by atoms with Crippen LogP contribution < -0.4 is 10.1 Å². The van der Waals surface area contributed by atoms with Gasteiger partial charge in [0.2, 0.25) is 0 Å². The Labute approximate surface area is 162 Å². The lowest BCUT2D eigenvalue weighted by Crippen LogP contribution is -2.39. The van der Waals surface area contributed by atoms with Gasteiger partial charge in [-0.25, -0.2) is 0 Å². The predicted molar refractivity (Wildman–Crippen MR) is 107 cm³/mol. The van der Waals surface area contributed by atoms with Gasteiger partial charge in [-0.1, -0.05) is 66.7 Å². The predicted octanol–water partition coefficient (Wildman–Crippen LogP) is 4.64. The Morgan fingerprint density at radius 1 is 0.929 bits per heavy atom. The molecule has 3 aromatic carbocycles. The quantitative estimate of drug-likeness (QED) is 0.570. The van der Waals surface area contributed by atoms with Gasteiger partial charge in [0.15, 0.2) is 6.10 Å². The third kappa shape index (κ3) is 3.03. The minimum Gasteiger partial charge on any atom is -0.480 e. The van der Waals surface area contributed by atoms with Crippen molar-refractivity contribution in [2.75, 3.05) is 0 Å². The normalized spacial score (nSPS) is 16.4. The summed E-state index contributed by atoms with van der Waals surface area (Å²) in [7, 11) is 0. The molecule has 28 heavy (non-hydrogen) atoms. The fourth-order valence-electron chi connectivity index (χ4n) is 3.67. The summed E-state index contributed by atoms with van der Waals surface area (Å²) in [5.74, 6) is 1.34. The van der Waals surface area contributed by atoms with E-state index in [0.717, 1.165) is 27.8 Å². The third-order valence-electron chi connectivity index (χ3n) is 5.09. The molecule has 1 aromatic heterocycles. The van der Waals surface area contributed by atoms with Crippen molar-refractivity contribution in [2.24, 2.45) is 0 Å². The summed E-state index contributed by atoms with van der Waals surface area (Å²) in [5.41, 5.74) is 2.82. The van der Waals surface area contributed by atoms with Crippen molar-refractivity contribution in [2.45, 2.75) is 18.6 Å². The number of rotatable bonds is 4. The second-order valence-corrected chi connectivity index (χ2v) is 6.96. The highest BCUT2D eigenvalue weighted by molar-refractivity contribution is 5.84. The van der Waals surface area contributed by atoms with Crippen LogP contribution in [0.4, 0.5) is 0 Å². The van der Waals surface area contributed by atoms with Crippen molar-refractivity contribution < 1.29 is 13.9 Å². The van der Waals surface area contributed by atoms with Gasteiger partial charge >= 0.3 is 0 Å². The SMILES string of the molecule is O=C(N[C@H](c1ccccc1)c1cc2ccccc2o1)[C@H]1Cc2ccccc2O1. The molecule has 0 saturated heterocycles. The van der Waals surface area contributed by atoms with Crippen molar-refractivity contribution in [3.8, 4) is 5.75 Å². The highest BCUT2D eigenvalue weighted by Gasteiger charge is 2.31. The molecule has 1 aliphatic rings. The van der Waals surface area contributed by atoms with E-state index in [1.807, 2.05) is 84.9 Å². The number of fused-ring (bicyclic) bond motifs is 2. The van der Waals surface area contributed by atoms with Gasteiger partial charge in [-0.15, -0.1) is 0 Å². The molecule has 0 radical (unpaired) electrons. The van der Waals surface area contributed by atoms with Gasteiger partial charge in [0, 0.05) is 11.8 Å². The van der Waals surface area contributed by atoms with Crippen LogP contribution in [-0.4, -0.2) is 12.0 Å². The molecule has 4 aromatic rings. The average Bonchev–Trinajstić information content (AvgIpc) is 3.36. The average molecular weight is 369 g/mol. The van der Waals surface area contributed by atoms with Gasteiger partial charge < -0.3 is 14.5 Å². The number of furan rings is 1. The Hall–Kier alpha value is -3.53. The van der Waals surface area contributed by atoms with Gasteiger partial charge in [0.05, 0.1) is 0 Å². The molecule has 0 spiro atoms. The van der Waals surface area contributed by atoms with Gasteiger partial charge in [0.1, 0.15) is 23.1 Å². The standard InChI is InChI=1S/C24H19NO3/c26-24(22-15-18-11-5-7-13-20(18)28-22)25-23(16-8-2-1-3-9-16)21-14-17-10-4-6-12-19(17)27-21/h1-14,22-23H,15H2,(H,25,26)/t22-,23-/m1/s1. The van der Waals surface area contributed by atoms with Crippen LogP contribution in [0, 0.1) is 0 Å². The maximum absolute atomic E-state index is 13.0. The molecule has 0 bridgehead atoms. The van der Waals surface area contributed by atoms with Crippen molar-refractivity contribution in [1.82, 2.24) is 5.32 Å². The summed E-state index contributed by atoms with van der Waals surface area (Å²) in [6.45, 7) is 0. The van der Waals surface area contributed by atoms with Gasteiger partial charge in [0.25, 0.3) is 5.91 Å². The zero-order valence-electron chi connectivity index (χ0n) is 15.2. The van der Waals surface area contributed by atoms with E-state index in [1.165, 1.54) is 0 Å². The van der Waals surface area contributed by atoms with Crippen LogP contribution in [0.1, 0.15) is 22.9 Å². The molecule has 0 saturated carbocycles. The highest BCUT2D eigenvalue weighted by Crippen LogP contribution is 2.31. The van der Waals surface area contributed by atoms with E-state index in [0.29, 0.717) is 12.2 Å². The lowest BCUT2D eigenvalue weighted by Gasteiger charge is -2.19. The third-order valence-corrected chi connectivity index (χ3v) is 5.09. The minimum absolute atomic E-state index is 0.148. The van der Waals surface area contributed by atoms with Crippen LogP contribution in [0.2, 0.25) is 0 Å². The molecule has 1 aliphatic heterocycles. The number of ether oxygens (including phenoxy) is 1. The summed E-state index contributed by atoms with van der Waals surface area (Å²) in [4.78, 5) is 13.0. The largest absolute Gasteiger partial charge is 0.480 e. The Morgan fingerprint density at radius 3 is 2.50 bits per heavy atom. The molecule has 2 atom stereocenters. The zero-order chi connectivity index (χ0) is 18.9. The van der Waals surface area contributed by atoms with Crippen LogP contribution in [-0.2, 0) is 11.2 Å². The maximum Gasteiger partial charge on any atom is 0.262 e. The molecule has 1 amide bonds. The van der Waals surface area contributed by atoms with Crippen LogP contribution in [0.15, 0.2) is 89.3 Å². The molecule has 2 heterocycles. The van der Waals surface area contributed by atoms with Gasteiger partial charge in [-0.05, 0) is 29.3 Å². The summed E-state index contributed by atoms with van der Waals surface area (Å²) in [5, 5.41) is 4.14. The lowest BCUT2D eigenvalue weighted by atomic mass is 10.0. The van der Waals surface area contributed by atoms with Crippen LogP contribution >= 0.6 is 0 Å². The molecule has 4 nitrogen and oxygen atoms in total. The number of carbonyl (C=O) groups excluding carboxylic acids is 1. The number of carbonyl (C=O) groups is 1. The fourth-order valence-corrected chi connectivity index (χ4v) is 3.67. The first-order chi connectivity index (χ1) is 13.8. The van der Waals surface area contributed by atoms with Crippen molar-refractivity contribution in [3.63, 3.8) is 0 Å². The first-order valence-electron chi connectivity index (χ1n) is 9.36. The zero-order valence-corrected chi connectivity index (χ0v) is 15.2. The molecule has 4 heteroatoms. The van der Waals surface area contributed by atoms with E-state index in [4.69, 9.17) is 9.15 Å². The number of hydrogen-bond acceptors (Lipinski definition) is 3. The van der Waals surface area contributed by atoms with E-state index in [1.54, 1.807) is 0 Å². The van der Waals surface area contributed by atoms with Crippen molar-refractivity contribution >= 4 is 16.9 Å². The monoisotopic (exact) mass is 369 g/mol. The summed E-state index contributed by atoms with van der Waals surface area (Å²) < 4.78 is 11.9. The van der Waals surface area contributed by atoms with Crippen molar-refractivity contribution in [1.29, 1.82) is 0 Å². The summed E-state index contributed by atoms with van der Waals surface area (Å²) in [6, 6.07) is 27.1. The Morgan fingerprint density at radius 2 is 1.68 bits per heavy atom. The number of benzene rings is 3.